The van der Waals surface area contributed by atoms with Crippen molar-refractivity contribution in [2.45, 2.75) is 13.8 Å². The number of benzene rings is 2. The van der Waals surface area contributed by atoms with E-state index in [1.54, 1.807) is 24.3 Å². The summed E-state index contributed by atoms with van der Waals surface area (Å²) in [6.07, 6.45) is 2.86. The van der Waals surface area contributed by atoms with Crippen molar-refractivity contribution in [1.82, 2.24) is 0 Å². The van der Waals surface area contributed by atoms with Crippen LogP contribution in [0, 0.1) is 13.8 Å². The molecule has 0 unspecified atom stereocenters. The van der Waals surface area contributed by atoms with Gasteiger partial charge in [0, 0.05) is 11.8 Å². The van der Waals surface area contributed by atoms with Crippen molar-refractivity contribution in [2.24, 2.45) is 0 Å². The zero-order chi connectivity index (χ0) is 18.5. The van der Waals surface area contributed by atoms with Gasteiger partial charge in [0.05, 0.1) is 0 Å². The summed E-state index contributed by atoms with van der Waals surface area (Å²) in [6.45, 7) is 3.73. The second-order valence-electron chi connectivity index (χ2n) is 5.85. The Hall–Kier alpha value is -3.28. The number of ether oxygens (including phenoxy) is 3. The largest absolute Gasteiger partial charge is 0.454 e. The van der Waals surface area contributed by atoms with Crippen molar-refractivity contribution in [2.75, 3.05) is 18.7 Å². The Morgan fingerprint density at radius 1 is 1.15 bits per heavy atom. The summed E-state index contributed by atoms with van der Waals surface area (Å²) in [5, 5.41) is 2.74. The molecule has 0 spiro atoms. The van der Waals surface area contributed by atoms with Crippen LogP contribution in [-0.2, 0) is 14.3 Å². The zero-order valence-corrected chi connectivity index (χ0v) is 14.6. The van der Waals surface area contributed by atoms with Crippen LogP contribution in [0.5, 0.6) is 11.5 Å². The van der Waals surface area contributed by atoms with Crippen LogP contribution in [0.2, 0.25) is 0 Å². The molecule has 2 aromatic carbocycles. The molecule has 0 radical (unpaired) electrons. The predicted molar refractivity (Wildman–Crippen MR) is 97.1 cm³/mol. The molecule has 0 aromatic heterocycles. The molecule has 0 fully saturated rings. The average Bonchev–Trinajstić information content (AvgIpc) is 3.10. The maximum Gasteiger partial charge on any atom is 0.331 e. The van der Waals surface area contributed by atoms with Gasteiger partial charge in [0.25, 0.3) is 5.91 Å². The molecule has 1 aliphatic heterocycles. The number of fused-ring (bicyclic) bond motifs is 1. The molecule has 134 valence electrons. The molecule has 1 aliphatic rings. The van der Waals surface area contributed by atoms with Gasteiger partial charge in [-0.05, 0) is 54.8 Å². The van der Waals surface area contributed by atoms with Crippen molar-refractivity contribution < 1.29 is 23.8 Å². The molecule has 6 heteroatoms. The molecule has 0 bridgehead atoms. The zero-order valence-electron chi connectivity index (χ0n) is 14.6. The van der Waals surface area contributed by atoms with E-state index in [4.69, 9.17) is 14.2 Å². The maximum atomic E-state index is 11.9. The average molecular weight is 353 g/mol. The summed E-state index contributed by atoms with van der Waals surface area (Å²) >= 11 is 0. The second-order valence-corrected chi connectivity index (χ2v) is 5.85. The normalized spacial score (nSPS) is 12.2. The lowest BCUT2D eigenvalue weighted by Gasteiger charge is -2.10. The van der Waals surface area contributed by atoms with Crippen LogP contribution in [0.25, 0.3) is 6.08 Å². The minimum absolute atomic E-state index is 0.195. The monoisotopic (exact) mass is 353 g/mol. The molecule has 0 aliphatic carbocycles. The topological polar surface area (TPSA) is 73.9 Å². The molecule has 3 rings (SSSR count). The summed E-state index contributed by atoms with van der Waals surface area (Å²) < 4.78 is 15.5. The Bertz CT molecular complexity index is 873. The molecule has 1 amide bonds. The molecule has 1 heterocycles. The Kier molecular flexibility index (Phi) is 5.22. The number of nitrogens with one attached hydrogen (secondary N) is 1. The van der Waals surface area contributed by atoms with E-state index in [1.165, 1.54) is 6.08 Å². The number of esters is 1. The third-order valence-corrected chi connectivity index (χ3v) is 4.03. The van der Waals surface area contributed by atoms with Gasteiger partial charge in [-0.3, -0.25) is 4.79 Å². The molecule has 6 nitrogen and oxygen atoms in total. The first-order valence-electron chi connectivity index (χ1n) is 8.13. The van der Waals surface area contributed by atoms with E-state index < -0.39 is 5.97 Å². The third-order valence-electron chi connectivity index (χ3n) is 4.03. The summed E-state index contributed by atoms with van der Waals surface area (Å²) in [7, 11) is 0. The van der Waals surface area contributed by atoms with E-state index in [9.17, 15) is 9.59 Å². The maximum absolute atomic E-state index is 11.9. The highest BCUT2D eigenvalue weighted by Gasteiger charge is 2.12. The number of rotatable bonds is 5. The second kappa shape index (κ2) is 7.74. The lowest BCUT2D eigenvalue weighted by atomic mass is 10.1. The van der Waals surface area contributed by atoms with Gasteiger partial charge in [-0.2, -0.15) is 0 Å². The molecule has 1 N–H and O–H groups in total. The van der Waals surface area contributed by atoms with Crippen molar-refractivity contribution in [3.8, 4) is 11.5 Å². The van der Waals surface area contributed by atoms with Crippen LogP contribution in [0.15, 0.2) is 42.5 Å². The predicted octanol–water partition coefficient (Wildman–Crippen LogP) is 3.23. The van der Waals surface area contributed by atoms with Gasteiger partial charge >= 0.3 is 5.97 Å². The molecule has 0 atom stereocenters. The van der Waals surface area contributed by atoms with Gasteiger partial charge in [-0.15, -0.1) is 0 Å². The van der Waals surface area contributed by atoms with Crippen molar-refractivity contribution in [1.29, 1.82) is 0 Å². The van der Waals surface area contributed by atoms with Crippen LogP contribution < -0.4 is 14.8 Å². The quantitative estimate of drug-likeness (QED) is 0.660. The smallest absolute Gasteiger partial charge is 0.331 e. The van der Waals surface area contributed by atoms with Crippen molar-refractivity contribution in [3.63, 3.8) is 0 Å². The fourth-order valence-electron chi connectivity index (χ4n) is 2.44. The van der Waals surface area contributed by atoms with Crippen LogP contribution >= 0.6 is 0 Å². The minimum Gasteiger partial charge on any atom is -0.454 e. The van der Waals surface area contributed by atoms with E-state index in [1.807, 2.05) is 32.0 Å². The lowest BCUT2D eigenvalue weighted by Crippen LogP contribution is -2.20. The number of carbonyl (C=O) groups is 2. The van der Waals surface area contributed by atoms with E-state index in [-0.39, 0.29) is 19.3 Å². The highest BCUT2D eigenvalue weighted by Crippen LogP contribution is 2.32. The van der Waals surface area contributed by atoms with E-state index >= 15 is 0 Å². The van der Waals surface area contributed by atoms with E-state index in [2.05, 4.69) is 5.32 Å². The van der Waals surface area contributed by atoms with E-state index in [0.717, 1.165) is 16.7 Å². The Labute approximate surface area is 151 Å². The number of amides is 1. The van der Waals surface area contributed by atoms with Crippen molar-refractivity contribution >= 4 is 23.6 Å². The Morgan fingerprint density at radius 3 is 2.81 bits per heavy atom. The van der Waals surface area contributed by atoms with Crippen molar-refractivity contribution in [3.05, 3.63) is 59.2 Å². The Balaban J connectivity index is 1.50. The molecular formula is C20H19NO5. The molecular weight excluding hydrogens is 334 g/mol. The minimum atomic E-state index is -0.598. The molecule has 26 heavy (non-hydrogen) atoms. The standard InChI is InChI=1S/C20H19NO5/c1-13-4-3-5-16(14(13)2)21-19(22)11-24-20(23)9-7-15-6-8-17-18(10-15)26-12-25-17/h3-10H,11-12H2,1-2H3,(H,21,22). The number of hydrogen-bond donors (Lipinski definition) is 1. The van der Waals surface area contributed by atoms with E-state index in [0.29, 0.717) is 17.2 Å². The Morgan fingerprint density at radius 2 is 1.96 bits per heavy atom. The summed E-state index contributed by atoms with van der Waals surface area (Å²) in [4.78, 5) is 23.7. The third kappa shape index (κ3) is 4.22. The summed E-state index contributed by atoms with van der Waals surface area (Å²) in [5.41, 5.74) is 3.54. The first-order chi connectivity index (χ1) is 12.5. The number of anilines is 1. The van der Waals surface area contributed by atoms with Gasteiger partial charge in [0.15, 0.2) is 18.1 Å². The molecule has 2 aromatic rings. The van der Waals surface area contributed by atoms with Crippen LogP contribution in [-0.4, -0.2) is 25.3 Å². The SMILES string of the molecule is Cc1cccc(NC(=O)COC(=O)C=Cc2ccc3c(c2)OCO3)c1C. The van der Waals surface area contributed by atoms with Gasteiger partial charge in [-0.25, -0.2) is 4.79 Å². The van der Waals surface area contributed by atoms with Gasteiger partial charge in [0.2, 0.25) is 6.79 Å². The number of hydrogen-bond acceptors (Lipinski definition) is 5. The van der Waals surface area contributed by atoms with Gasteiger partial charge < -0.3 is 19.5 Å². The fourth-order valence-corrected chi connectivity index (χ4v) is 2.44. The summed E-state index contributed by atoms with van der Waals surface area (Å²) in [5.74, 6) is 0.323. The highest BCUT2D eigenvalue weighted by molar-refractivity contribution is 5.95. The van der Waals surface area contributed by atoms with Crippen LogP contribution in [0.3, 0.4) is 0 Å². The summed E-state index contributed by atoms with van der Waals surface area (Å²) in [6, 6.07) is 11.0. The van der Waals surface area contributed by atoms with Gasteiger partial charge in [0.1, 0.15) is 0 Å². The van der Waals surface area contributed by atoms with Gasteiger partial charge in [-0.1, -0.05) is 18.2 Å². The fraction of sp³-hybridized carbons (Fsp3) is 0.200. The first-order valence-corrected chi connectivity index (χ1v) is 8.13. The number of aryl methyl sites for hydroxylation is 1. The first kappa shape index (κ1) is 17.5. The lowest BCUT2D eigenvalue weighted by molar-refractivity contribution is -0.142. The number of carbonyl (C=O) groups excluding carboxylic acids is 2. The molecule has 0 saturated carbocycles. The van der Waals surface area contributed by atoms with Crippen LogP contribution in [0.1, 0.15) is 16.7 Å². The van der Waals surface area contributed by atoms with Crippen LogP contribution in [0.4, 0.5) is 5.69 Å². The molecule has 0 saturated heterocycles. The highest BCUT2D eigenvalue weighted by atomic mass is 16.7.